The third-order valence-electron chi connectivity index (χ3n) is 2.37. The zero-order valence-electron chi connectivity index (χ0n) is 7.76. The van der Waals surface area contributed by atoms with Crippen molar-refractivity contribution in [2.24, 2.45) is 0 Å². The summed E-state index contributed by atoms with van der Waals surface area (Å²) >= 11 is 9.52. The molecule has 1 aliphatic rings. The van der Waals surface area contributed by atoms with Crippen molar-refractivity contribution in [1.82, 2.24) is 5.32 Å². The van der Waals surface area contributed by atoms with Crippen LogP contribution in [0.25, 0.3) is 0 Å². The third-order valence-corrected chi connectivity index (χ3v) is 3.27. The quantitative estimate of drug-likeness (QED) is 0.847. The van der Waals surface area contributed by atoms with E-state index in [4.69, 9.17) is 11.6 Å². The number of nitrogens with zero attached hydrogens (tertiary/aromatic N) is 1. The summed E-state index contributed by atoms with van der Waals surface area (Å²) in [5, 5.41) is 4.12. The number of halogens is 2. The van der Waals surface area contributed by atoms with Crippen LogP contribution in [-0.2, 0) is 0 Å². The number of piperazine rings is 1. The van der Waals surface area contributed by atoms with Gasteiger partial charge in [-0.3, -0.25) is 0 Å². The Labute approximate surface area is 97.4 Å². The molecule has 0 spiro atoms. The summed E-state index contributed by atoms with van der Waals surface area (Å²) in [6.07, 6.45) is 0. The predicted octanol–water partition coefficient (Wildman–Crippen LogP) is 2.51. The molecule has 2 rings (SSSR count). The molecule has 1 heterocycles. The van der Waals surface area contributed by atoms with E-state index in [0.717, 1.165) is 35.7 Å². The number of hydrogen-bond donors (Lipinski definition) is 1. The lowest BCUT2D eigenvalue weighted by atomic mass is 10.2. The molecule has 0 amide bonds. The second-order valence-corrected chi connectivity index (χ2v) is 4.62. The molecule has 0 unspecified atom stereocenters. The van der Waals surface area contributed by atoms with Gasteiger partial charge in [-0.15, -0.1) is 0 Å². The number of hydrogen-bond acceptors (Lipinski definition) is 2. The highest BCUT2D eigenvalue weighted by atomic mass is 79.9. The zero-order chi connectivity index (χ0) is 9.97. The normalized spacial score (nSPS) is 17.1. The smallest absolute Gasteiger partial charge is 0.0526 e. The van der Waals surface area contributed by atoms with E-state index in [9.17, 15) is 0 Å². The fourth-order valence-electron chi connectivity index (χ4n) is 1.63. The Morgan fingerprint density at radius 1 is 1.29 bits per heavy atom. The van der Waals surface area contributed by atoms with Crippen LogP contribution in [0.3, 0.4) is 0 Å². The van der Waals surface area contributed by atoms with Crippen molar-refractivity contribution < 1.29 is 0 Å². The molecule has 1 N–H and O–H groups in total. The van der Waals surface area contributed by atoms with E-state index in [2.05, 4.69) is 26.1 Å². The monoisotopic (exact) mass is 274 g/mol. The summed E-state index contributed by atoms with van der Waals surface area (Å²) in [5.74, 6) is 0. The van der Waals surface area contributed by atoms with Gasteiger partial charge in [-0.2, -0.15) is 0 Å². The molecule has 1 fully saturated rings. The van der Waals surface area contributed by atoms with Gasteiger partial charge < -0.3 is 10.2 Å². The number of nitrogens with one attached hydrogen (secondary N) is 1. The molecule has 0 aliphatic carbocycles. The molecular weight excluding hydrogens is 263 g/mol. The van der Waals surface area contributed by atoms with Crippen LogP contribution in [0, 0.1) is 0 Å². The van der Waals surface area contributed by atoms with Crippen molar-refractivity contribution in [2.75, 3.05) is 31.1 Å². The van der Waals surface area contributed by atoms with Gasteiger partial charge in [0.25, 0.3) is 0 Å². The van der Waals surface area contributed by atoms with E-state index < -0.39 is 0 Å². The summed E-state index contributed by atoms with van der Waals surface area (Å²) in [6, 6.07) is 5.91. The molecule has 0 saturated carbocycles. The first-order valence-corrected chi connectivity index (χ1v) is 5.85. The molecule has 0 radical (unpaired) electrons. The molecule has 4 heteroatoms. The highest BCUT2D eigenvalue weighted by Crippen LogP contribution is 2.29. The summed E-state index contributed by atoms with van der Waals surface area (Å²) in [4.78, 5) is 2.34. The Morgan fingerprint density at radius 2 is 2.00 bits per heavy atom. The van der Waals surface area contributed by atoms with Gasteiger partial charge in [-0.05, 0) is 34.1 Å². The van der Waals surface area contributed by atoms with Gasteiger partial charge in [0.15, 0.2) is 0 Å². The van der Waals surface area contributed by atoms with E-state index in [0.29, 0.717) is 0 Å². The molecule has 0 bridgehead atoms. The lowest BCUT2D eigenvalue weighted by Crippen LogP contribution is -2.43. The Balaban J connectivity index is 2.24. The highest BCUT2D eigenvalue weighted by Gasteiger charge is 2.13. The molecule has 1 aromatic rings. The van der Waals surface area contributed by atoms with Gasteiger partial charge in [0.05, 0.1) is 5.69 Å². The van der Waals surface area contributed by atoms with Crippen LogP contribution in [-0.4, -0.2) is 26.2 Å². The molecule has 1 aromatic carbocycles. The Kier molecular flexibility index (Phi) is 3.31. The second-order valence-electron chi connectivity index (χ2n) is 3.33. The minimum atomic E-state index is 0.793. The highest BCUT2D eigenvalue weighted by molar-refractivity contribution is 9.10. The fraction of sp³-hybridized carbons (Fsp3) is 0.400. The van der Waals surface area contributed by atoms with Crippen LogP contribution in [0.15, 0.2) is 22.7 Å². The van der Waals surface area contributed by atoms with E-state index in [1.165, 1.54) is 5.69 Å². The van der Waals surface area contributed by atoms with Crippen molar-refractivity contribution in [3.05, 3.63) is 27.7 Å². The molecule has 1 aliphatic heterocycles. The van der Waals surface area contributed by atoms with Crippen LogP contribution < -0.4 is 10.2 Å². The van der Waals surface area contributed by atoms with Crippen LogP contribution in [0.5, 0.6) is 0 Å². The maximum atomic E-state index is 5.97. The maximum absolute atomic E-state index is 5.97. The average molecular weight is 276 g/mol. The summed E-state index contributed by atoms with van der Waals surface area (Å²) in [5.41, 5.74) is 1.19. The fourth-order valence-corrected chi connectivity index (χ4v) is 2.30. The average Bonchev–Trinajstić information content (AvgIpc) is 2.23. The predicted molar refractivity (Wildman–Crippen MR) is 64.2 cm³/mol. The van der Waals surface area contributed by atoms with Gasteiger partial charge in [-0.1, -0.05) is 11.6 Å². The number of rotatable bonds is 1. The van der Waals surface area contributed by atoms with E-state index >= 15 is 0 Å². The standard InChI is InChI=1S/C10H12BrClN2/c11-9-2-1-8(12)7-10(9)14-5-3-13-4-6-14/h1-2,7,13H,3-6H2. The summed E-state index contributed by atoms with van der Waals surface area (Å²) in [7, 11) is 0. The maximum Gasteiger partial charge on any atom is 0.0526 e. The van der Waals surface area contributed by atoms with Gasteiger partial charge in [-0.25, -0.2) is 0 Å². The Hall–Kier alpha value is -0.250. The number of benzene rings is 1. The lowest BCUT2D eigenvalue weighted by Gasteiger charge is -2.30. The Morgan fingerprint density at radius 3 is 2.71 bits per heavy atom. The van der Waals surface area contributed by atoms with Crippen molar-refractivity contribution in [3.63, 3.8) is 0 Å². The second kappa shape index (κ2) is 4.51. The van der Waals surface area contributed by atoms with Gasteiger partial charge >= 0.3 is 0 Å². The van der Waals surface area contributed by atoms with Crippen LogP contribution >= 0.6 is 27.5 Å². The first-order valence-electron chi connectivity index (χ1n) is 4.68. The van der Waals surface area contributed by atoms with Crippen LogP contribution in [0.1, 0.15) is 0 Å². The van der Waals surface area contributed by atoms with Crippen molar-refractivity contribution in [1.29, 1.82) is 0 Å². The Bertz CT molecular complexity index is 324. The van der Waals surface area contributed by atoms with E-state index in [1.807, 2.05) is 18.2 Å². The van der Waals surface area contributed by atoms with Crippen molar-refractivity contribution >= 4 is 33.2 Å². The van der Waals surface area contributed by atoms with Crippen molar-refractivity contribution in [2.45, 2.75) is 0 Å². The minimum absolute atomic E-state index is 0.793. The van der Waals surface area contributed by atoms with E-state index in [1.54, 1.807) is 0 Å². The zero-order valence-corrected chi connectivity index (χ0v) is 10.1. The first-order chi connectivity index (χ1) is 6.77. The largest absolute Gasteiger partial charge is 0.368 e. The van der Waals surface area contributed by atoms with Gasteiger partial charge in [0, 0.05) is 35.7 Å². The molecule has 14 heavy (non-hydrogen) atoms. The SMILES string of the molecule is Clc1ccc(Br)c(N2CCNCC2)c1. The molecule has 0 atom stereocenters. The van der Waals surface area contributed by atoms with Crippen molar-refractivity contribution in [3.8, 4) is 0 Å². The van der Waals surface area contributed by atoms with Crippen LogP contribution in [0.2, 0.25) is 5.02 Å². The van der Waals surface area contributed by atoms with Gasteiger partial charge in [0.2, 0.25) is 0 Å². The molecular formula is C10H12BrClN2. The first kappa shape index (κ1) is 10.3. The van der Waals surface area contributed by atoms with E-state index in [-0.39, 0.29) is 0 Å². The van der Waals surface area contributed by atoms with Crippen LogP contribution in [0.4, 0.5) is 5.69 Å². The lowest BCUT2D eigenvalue weighted by molar-refractivity contribution is 0.588. The molecule has 0 aromatic heterocycles. The molecule has 2 nitrogen and oxygen atoms in total. The minimum Gasteiger partial charge on any atom is -0.368 e. The topological polar surface area (TPSA) is 15.3 Å². The third kappa shape index (κ3) is 2.22. The molecule has 1 saturated heterocycles. The number of anilines is 1. The van der Waals surface area contributed by atoms with Gasteiger partial charge in [0.1, 0.15) is 0 Å². The summed E-state index contributed by atoms with van der Waals surface area (Å²) < 4.78 is 1.11. The molecule has 76 valence electrons. The summed E-state index contributed by atoms with van der Waals surface area (Å²) in [6.45, 7) is 4.16.